The molecule has 0 fully saturated rings. The summed E-state index contributed by atoms with van der Waals surface area (Å²) in [5.74, 6) is -0.868. The van der Waals surface area contributed by atoms with Gasteiger partial charge in [0.2, 0.25) is 0 Å². The maximum absolute atomic E-state index is 10.7. The molecule has 0 atom stereocenters. The fraction of sp³-hybridized carbons (Fsp3) is 0.100. The molecule has 0 unspecified atom stereocenters. The number of halogens is 1. The summed E-state index contributed by atoms with van der Waals surface area (Å²) in [6.45, 7) is 0. The van der Waals surface area contributed by atoms with E-state index in [9.17, 15) is 4.79 Å². The van der Waals surface area contributed by atoms with Crippen molar-refractivity contribution < 1.29 is 9.90 Å². The maximum atomic E-state index is 10.7. The average molecular weight is 195 g/mol. The molecule has 0 amide bonds. The molecule has 0 aliphatic heterocycles. The lowest BCUT2D eigenvalue weighted by Gasteiger charge is -1.98. The largest absolute Gasteiger partial charge is 0.478 e. The Morgan fingerprint density at radius 2 is 2.23 bits per heavy atom. The molecule has 0 bridgehead atoms. The van der Waals surface area contributed by atoms with Gasteiger partial charge in [-0.05, 0) is 23.3 Å². The van der Waals surface area contributed by atoms with Crippen LogP contribution < -0.4 is 0 Å². The quantitative estimate of drug-likeness (QED) is 0.745. The third-order valence-electron chi connectivity index (χ3n) is 2.12. The van der Waals surface area contributed by atoms with Gasteiger partial charge >= 0.3 is 5.97 Å². The SMILES string of the molecule is O=C(O)C1=Cc2c(Cl)cccc2C1. The lowest BCUT2D eigenvalue weighted by atomic mass is 10.1. The number of hydrogen-bond donors (Lipinski definition) is 1. The van der Waals surface area contributed by atoms with E-state index in [1.807, 2.05) is 12.1 Å². The van der Waals surface area contributed by atoms with Crippen LogP contribution in [0, 0.1) is 0 Å². The van der Waals surface area contributed by atoms with Crippen molar-refractivity contribution in [1.82, 2.24) is 0 Å². The first-order chi connectivity index (χ1) is 6.18. The van der Waals surface area contributed by atoms with Crippen molar-refractivity contribution >= 4 is 23.6 Å². The molecule has 13 heavy (non-hydrogen) atoms. The first kappa shape index (κ1) is 8.32. The maximum Gasteiger partial charge on any atom is 0.331 e. The fourth-order valence-electron chi connectivity index (χ4n) is 1.47. The number of hydrogen-bond acceptors (Lipinski definition) is 1. The molecular weight excluding hydrogens is 188 g/mol. The summed E-state index contributed by atoms with van der Waals surface area (Å²) >= 11 is 5.90. The highest BCUT2D eigenvalue weighted by molar-refractivity contribution is 6.32. The third-order valence-corrected chi connectivity index (χ3v) is 2.45. The number of carboxylic acids is 1. The van der Waals surface area contributed by atoms with Gasteiger partial charge in [0.25, 0.3) is 0 Å². The molecule has 1 aliphatic rings. The Labute approximate surface area is 80.5 Å². The Balaban J connectivity index is 2.49. The highest BCUT2D eigenvalue weighted by Crippen LogP contribution is 2.30. The molecule has 3 heteroatoms. The summed E-state index contributed by atoms with van der Waals surface area (Å²) in [5, 5.41) is 9.38. The van der Waals surface area contributed by atoms with Crippen molar-refractivity contribution in [2.45, 2.75) is 6.42 Å². The summed E-state index contributed by atoms with van der Waals surface area (Å²) in [5.41, 5.74) is 2.24. The van der Waals surface area contributed by atoms with E-state index < -0.39 is 5.97 Å². The van der Waals surface area contributed by atoms with E-state index in [0.717, 1.165) is 11.1 Å². The van der Waals surface area contributed by atoms with E-state index in [1.165, 1.54) is 0 Å². The zero-order chi connectivity index (χ0) is 9.42. The molecule has 0 saturated heterocycles. The van der Waals surface area contributed by atoms with Gasteiger partial charge in [-0.1, -0.05) is 23.7 Å². The molecular formula is C10H7ClO2. The van der Waals surface area contributed by atoms with E-state index in [0.29, 0.717) is 17.0 Å². The Morgan fingerprint density at radius 1 is 1.46 bits per heavy atom. The minimum Gasteiger partial charge on any atom is -0.478 e. The molecule has 1 aliphatic carbocycles. The van der Waals surface area contributed by atoms with Crippen LogP contribution in [-0.2, 0) is 11.2 Å². The van der Waals surface area contributed by atoms with Gasteiger partial charge in [-0.15, -0.1) is 0 Å². The monoisotopic (exact) mass is 194 g/mol. The van der Waals surface area contributed by atoms with Crippen LogP contribution in [0.25, 0.3) is 6.08 Å². The first-order valence-corrected chi connectivity index (χ1v) is 4.27. The molecule has 0 radical (unpaired) electrons. The van der Waals surface area contributed by atoms with Gasteiger partial charge in [-0.3, -0.25) is 0 Å². The van der Waals surface area contributed by atoms with Gasteiger partial charge in [0.15, 0.2) is 0 Å². The number of benzene rings is 1. The van der Waals surface area contributed by atoms with E-state index in [-0.39, 0.29) is 0 Å². The van der Waals surface area contributed by atoms with Crippen LogP contribution in [0.5, 0.6) is 0 Å². The topological polar surface area (TPSA) is 37.3 Å². The summed E-state index contributed by atoms with van der Waals surface area (Å²) < 4.78 is 0. The van der Waals surface area contributed by atoms with Crippen LogP contribution >= 0.6 is 11.6 Å². The average Bonchev–Trinajstić information content (AvgIpc) is 2.49. The van der Waals surface area contributed by atoms with Gasteiger partial charge in [-0.2, -0.15) is 0 Å². The highest BCUT2D eigenvalue weighted by Gasteiger charge is 2.18. The van der Waals surface area contributed by atoms with Gasteiger partial charge in [0.05, 0.1) is 0 Å². The van der Waals surface area contributed by atoms with Crippen LogP contribution in [0.4, 0.5) is 0 Å². The van der Waals surface area contributed by atoms with Crippen molar-refractivity contribution in [2.75, 3.05) is 0 Å². The third kappa shape index (κ3) is 1.33. The summed E-state index contributed by atoms with van der Waals surface area (Å²) in [6.07, 6.45) is 2.12. The van der Waals surface area contributed by atoms with Crippen LogP contribution in [0.3, 0.4) is 0 Å². The number of carboxylic acid groups (broad SMARTS) is 1. The van der Waals surface area contributed by atoms with Crippen molar-refractivity contribution in [2.24, 2.45) is 0 Å². The molecule has 1 aromatic rings. The van der Waals surface area contributed by atoms with Crippen LogP contribution in [0.15, 0.2) is 23.8 Å². The lowest BCUT2D eigenvalue weighted by molar-refractivity contribution is -0.132. The van der Waals surface area contributed by atoms with Crippen molar-refractivity contribution in [3.8, 4) is 0 Å². The second-order valence-corrected chi connectivity index (χ2v) is 3.37. The zero-order valence-electron chi connectivity index (χ0n) is 6.75. The predicted molar refractivity (Wildman–Crippen MR) is 50.8 cm³/mol. The van der Waals surface area contributed by atoms with Crippen LogP contribution in [0.1, 0.15) is 11.1 Å². The smallest absolute Gasteiger partial charge is 0.331 e. The number of carbonyl (C=O) groups is 1. The minimum absolute atomic E-state index is 0.406. The van der Waals surface area contributed by atoms with E-state index in [1.54, 1.807) is 12.1 Å². The highest BCUT2D eigenvalue weighted by atomic mass is 35.5. The second-order valence-electron chi connectivity index (χ2n) is 2.96. The van der Waals surface area contributed by atoms with Crippen molar-refractivity contribution in [3.05, 3.63) is 39.9 Å². The van der Waals surface area contributed by atoms with Gasteiger partial charge in [0.1, 0.15) is 0 Å². The molecule has 0 spiro atoms. The Kier molecular flexibility index (Phi) is 1.85. The van der Waals surface area contributed by atoms with Gasteiger partial charge < -0.3 is 5.11 Å². The molecule has 1 N–H and O–H groups in total. The Hall–Kier alpha value is -1.28. The predicted octanol–water partition coefficient (Wildman–Crippen LogP) is 2.36. The van der Waals surface area contributed by atoms with E-state index in [4.69, 9.17) is 16.7 Å². The number of fused-ring (bicyclic) bond motifs is 1. The molecule has 0 saturated carbocycles. The molecule has 66 valence electrons. The Morgan fingerprint density at radius 3 is 2.85 bits per heavy atom. The Bertz CT molecular complexity index is 407. The van der Waals surface area contributed by atoms with Crippen molar-refractivity contribution in [1.29, 1.82) is 0 Å². The lowest BCUT2D eigenvalue weighted by Crippen LogP contribution is -1.99. The van der Waals surface area contributed by atoms with Crippen molar-refractivity contribution in [3.63, 3.8) is 0 Å². The second kappa shape index (κ2) is 2.89. The number of aliphatic carboxylic acids is 1. The summed E-state index contributed by atoms with van der Waals surface area (Å²) in [4.78, 5) is 10.7. The van der Waals surface area contributed by atoms with Crippen LogP contribution in [-0.4, -0.2) is 11.1 Å². The zero-order valence-corrected chi connectivity index (χ0v) is 7.51. The summed E-state index contributed by atoms with van der Waals surface area (Å²) in [6, 6.07) is 5.50. The minimum atomic E-state index is -0.868. The van der Waals surface area contributed by atoms with Gasteiger partial charge in [0, 0.05) is 17.0 Å². The van der Waals surface area contributed by atoms with Crippen LogP contribution in [0.2, 0.25) is 5.02 Å². The standard InChI is InChI=1S/C10H7ClO2/c11-9-3-1-2-6-4-7(10(12)13)5-8(6)9/h1-3,5H,4H2,(H,12,13). The molecule has 2 rings (SSSR count). The molecule has 0 aromatic heterocycles. The molecule has 2 nitrogen and oxygen atoms in total. The fourth-order valence-corrected chi connectivity index (χ4v) is 1.71. The first-order valence-electron chi connectivity index (χ1n) is 3.90. The summed E-state index contributed by atoms with van der Waals surface area (Å²) in [7, 11) is 0. The van der Waals surface area contributed by atoms with E-state index in [2.05, 4.69) is 0 Å². The van der Waals surface area contributed by atoms with E-state index >= 15 is 0 Å². The molecule has 1 aromatic carbocycles. The normalized spacial score (nSPS) is 13.8. The number of rotatable bonds is 1. The molecule has 0 heterocycles. The van der Waals surface area contributed by atoms with Gasteiger partial charge in [-0.25, -0.2) is 4.79 Å².